The number of hydrogen-bond acceptors (Lipinski definition) is 3. The number of aromatic nitrogens is 2. The Bertz CT molecular complexity index is 963. The number of nitrogens with one attached hydrogen (secondary N) is 1. The highest BCUT2D eigenvalue weighted by molar-refractivity contribution is 5.96. The standard InChI is InChI=1S/C19H18FN3O2/c1-11-6-4-7-14(19(24)25)18(11)21-17-10-12(2)22-23(17)16-9-5-8-15(20)13(16)3/h4-10,21H,1-3H3,(H,24,25). The Hall–Kier alpha value is -3.15. The van der Waals surface area contributed by atoms with Gasteiger partial charge in [-0.2, -0.15) is 5.10 Å². The fourth-order valence-electron chi connectivity index (χ4n) is 2.74. The normalized spacial score (nSPS) is 10.7. The molecule has 0 spiro atoms. The van der Waals surface area contributed by atoms with Gasteiger partial charge in [-0.1, -0.05) is 18.2 Å². The van der Waals surface area contributed by atoms with Crippen LogP contribution in [0.1, 0.15) is 27.2 Å². The third kappa shape index (κ3) is 3.10. The number of hydrogen-bond donors (Lipinski definition) is 2. The van der Waals surface area contributed by atoms with Crippen molar-refractivity contribution in [1.29, 1.82) is 0 Å². The van der Waals surface area contributed by atoms with Gasteiger partial charge in [0.25, 0.3) is 0 Å². The predicted octanol–water partition coefficient (Wildman–Crippen LogP) is 4.38. The topological polar surface area (TPSA) is 67.2 Å². The van der Waals surface area contributed by atoms with Crippen molar-refractivity contribution in [2.75, 3.05) is 5.32 Å². The minimum atomic E-state index is -1.02. The summed E-state index contributed by atoms with van der Waals surface area (Å²) >= 11 is 0. The van der Waals surface area contributed by atoms with Crippen LogP contribution in [0.2, 0.25) is 0 Å². The van der Waals surface area contributed by atoms with Gasteiger partial charge in [0.05, 0.1) is 22.6 Å². The molecule has 0 fully saturated rings. The van der Waals surface area contributed by atoms with E-state index in [1.807, 2.05) is 19.9 Å². The first-order chi connectivity index (χ1) is 11.9. The molecular formula is C19H18FN3O2. The summed E-state index contributed by atoms with van der Waals surface area (Å²) in [6.45, 7) is 5.34. The molecule has 3 rings (SSSR count). The van der Waals surface area contributed by atoms with E-state index in [4.69, 9.17) is 0 Å². The summed E-state index contributed by atoms with van der Waals surface area (Å²) in [4.78, 5) is 11.5. The number of nitrogens with zero attached hydrogens (tertiary/aromatic N) is 2. The summed E-state index contributed by atoms with van der Waals surface area (Å²) in [6.07, 6.45) is 0. The molecule has 2 N–H and O–H groups in total. The maximum absolute atomic E-state index is 13.9. The Morgan fingerprint density at radius 2 is 1.88 bits per heavy atom. The predicted molar refractivity (Wildman–Crippen MR) is 94.4 cm³/mol. The summed E-state index contributed by atoms with van der Waals surface area (Å²) < 4.78 is 15.5. The van der Waals surface area contributed by atoms with Gasteiger partial charge in [-0.3, -0.25) is 0 Å². The molecule has 3 aromatic rings. The van der Waals surface area contributed by atoms with Gasteiger partial charge in [0, 0.05) is 11.6 Å². The molecular weight excluding hydrogens is 321 g/mol. The molecule has 0 bridgehead atoms. The third-order valence-corrected chi connectivity index (χ3v) is 4.06. The summed E-state index contributed by atoms with van der Waals surface area (Å²) in [7, 11) is 0. The number of carbonyl (C=O) groups is 1. The molecule has 0 atom stereocenters. The number of aryl methyl sites for hydroxylation is 2. The molecule has 25 heavy (non-hydrogen) atoms. The van der Waals surface area contributed by atoms with E-state index in [-0.39, 0.29) is 11.4 Å². The lowest BCUT2D eigenvalue weighted by molar-refractivity contribution is 0.0698. The average Bonchev–Trinajstić information content (AvgIpc) is 2.92. The molecule has 0 saturated heterocycles. The van der Waals surface area contributed by atoms with Crippen LogP contribution in [0, 0.1) is 26.6 Å². The summed E-state index contributed by atoms with van der Waals surface area (Å²) in [6, 6.07) is 11.6. The molecule has 0 aliphatic heterocycles. The van der Waals surface area contributed by atoms with E-state index >= 15 is 0 Å². The lowest BCUT2D eigenvalue weighted by atomic mass is 10.1. The van der Waals surface area contributed by atoms with E-state index in [1.165, 1.54) is 6.07 Å². The van der Waals surface area contributed by atoms with Gasteiger partial charge in [0.2, 0.25) is 0 Å². The molecule has 0 unspecified atom stereocenters. The number of carboxylic acids is 1. The molecule has 0 amide bonds. The van der Waals surface area contributed by atoms with Crippen molar-refractivity contribution in [1.82, 2.24) is 9.78 Å². The quantitative estimate of drug-likeness (QED) is 0.740. The molecule has 0 radical (unpaired) electrons. The van der Waals surface area contributed by atoms with Gasteiger partial charge in [-0.15, -0.1) is 0 Å². The second-order valence-corrected chi connectivity index (χ2v) is 5.89. The zero-order valence-electron chi connectivity index (χ0n) is 14.2. The maximum atomic E-state index is 13.9. The zero-order chi connectivity index (χ0) is 18.1. The van der Waals surface area contributed by atoms with Gasteiger partial charge < -0.3 is 10.4 Å². The van der Waals surface area contributed by atoms with Crippen molar-refractivity contribution in [2.45, 2.75) is 20.8 Å². The fourth-order valence-corrected chi connectivity index (χ4v) is 2.74. The first-order valence-electron chi connectivity index (χ1n) is 7.80. The second-order valence-electron chi connectivity index (χ2n) is 5.89. The number of carboxylic acid groups (broad SMARTS) is 1. The Balaban J connectivity index is 2.13. The summed E-state index contributed by atoms with van der Waals surface area (Å²) in [5.74, 6) is -0.766. The number of para-hydroxylation sites is 1. The van der Waals surface area contributed by atoms with Gasteiger partial charge in [0.15, 0.2) is 0 Å². The maximum Gasteiger partial charge on any atom is 0.337 e. The number of benzene rings is 2. The van der Waals surface area contributed by atoms with E-state index in [9.17, 15) is 14.3 Å². The fraction of sp³-hybridized carbons (Fsp3) is 0.158. The Morgan fingerprint density at radius 3 is 2.60 bits per heavy atom. The molecule has 0 aliphatic rings. The highest BCUT2D eigenvalue weighted by atomic mass is 19.1. The van der Waals surface area contributed by atoms with Crippen LogP contribution in [0.3, 0.4) is 0 Å². The number of aromatic carboxylic acids is 1. The van der Waals surface area contributed by atoms with Crippen molar-refractivity contribution in [3.8, 4) is 5.69 Å². The van der Waals surface area contributed by atoms with Crippen LogP contribution in [-0.2, 0) is 0 Å². The van der Waals surface area contributed by atoms with Crippen LogP contribution in [0.25, 0.3) is 5.69 Å². The minimum absolute atomic E-state index is 0.168. The highest BCUT2D eigenvalue weighted by Crippen LogP contribution is 2.28. The van der Waals surface area contributed by atoms with Crippen LogP contribution < -0.4 is 5.32 Å². The number of anilines is 2. The third-order valence-electron chi connectivity index (χ3n) is 4.06. The molecule has 0 saturated carbocycles. The SMILES string of the molecule is Cc1cc(Nc2c(C)cccc2C(=O)O)n(-c2cccc(F)c2C)n1. The monoisotopic (exact) mass is 339 g/mol. The van der Waals surface area contributed by atoms with Crippen molar-refractivity contribution in [3.05, 3.63) is 70.7 Å². The van der Waals surface area contributed by atoms with Gasteiger partial charge >= 0.3 is 5.97 Å². The van der Waals surface area contributed by atoms with Crippen molar-refractivity contribution in [2.24, 2.45) is 0 Å². The van der Waals surface area contributed by atoms with Gasteiger partial charge in [-0.05, 0) is 44.5 Å². The highest BCUT2D eigenvalue weighted by Gasteiger charge is 2.16. The lowest BCUT2D eigenvalue weighted by Crippen LogP contribution is -2.09. The number of rotatable bonds is 4. The molecule has 5 nitrogen and oxygen atoms in total. The summed E-state index contributed by atoms with van der Waals surface area (Å²) in [5.41, 5.74) is 3.25. The van der Waals surface area contributed by atoms with E-state index in [0.717, 1.165) is 11.3 Å². The first kappa shape index (κ1) is 16.7. The van der Waals surface area contributed by atoms with E-state index < -0.39 is 5.97 Å². The molecule has 2 aromatic carbocycles. The van der Waals surface area contributed by atoms with Crippen LogP contribution in [-0.4, -0.2) is 20.9 Å². The van der Waals surface area contributed by atoms with E-state index in [0.29, 0.717) is 22.8 Å². The molecule has 128 valence electrons. The Kier molecular flexibility index (Phi) is 4.27. The molecule has 0 aliphatic carbocycles. The van der Waals surface area contributed by atoms with Crippen LogP contribution in [0.4, 0.5) is 15.9 Å². The zero-order valence-corrected chi connectivity index (χ0v) is 14.2. The van der Waals surface area contributed by atoms with E-state index in [1.54, 1.807) is 41.9 Å². The average molecular weight is 339 g/mol. The van der Waals surface area contributed by atoms with Gasteiger partial charge in [-0.25, -0.2) is 13.9 Å². The van der Waals surface area contributed by atoms with Crippen molar-refractivity contribution < 1.29 is 14.3 Å². The molecule has 1 aromatic heterocycles. The minimum Gasteiger partial charge on any atom is -0.478 e. The van der Waals surface area contributed by atoms with Crippen molar-refractivity contribution >= 4 is 17.5 Å². The van der Waals surface area contributed by atoms with Crippen LogP contribution in [0.5, 0.6) is 0 Å². The van der Waals surface area contributed by atoms with Crippen LogP contribution in [0.15, 0.2) is 42.5 Å². The number of halogens is 1. The lowest BCUT2D eigenvalue weighted by Gasteiger charge is -2.15. The molecule has 1 heterocycles. The summed E-state index contributed by atoms with van der Waals surface area (Å²) in [5, 5.41) is 17.0. The van der Waals surface area contributed by atoms with E-state index in [2.05, 4.69) is 10.4 Å². The van der Waals surface area contributed by atoms with Gasteiger partial charge in [0.1, 0.15) is 11.6 Å². The van der Waals surface area contributed by atoms with Crippen LogP contribution >= 0.6 is 0 Å². The second kappa shape index (κ2) is 6.39. The van der Waals surface area contributed by atoms with Crippen molar-refractivity contribution in [3.63, 3.8) is 0 Å². The Labute approximate surface area is 144 Å². The smallest absolute Gasteiger partial charge is 0.337 e. The largest absolute Gasteiger partial charge is 0.478 e. The first-order valence-corrected chi connectivity index (χ1v) is 7.80. The Morgan fingerprint density at radius 1 is 1.16 bits per heavy atom. The molecule has 6 heteroatoms.